The van der Waals surface area contributed by atoms with Gasteiger partial charge in [-0.1, -0.05) is 28.1 Å². The van der Waals surface area contributed by atoms with E-state index in [9.17, 15) is 4.79 Å². The van der Waals surface area contributed by atoms with Crippen LogP contribution in [0.1, 0.15) is 31.7 Å². The molecule has 7 heteroatoms. The van der Waals surface area contributed by atoms with Crippen LogP contribution in [0.5, 0.6) is 0 Å². The number of aryl methyl sites for hydroxylation is 1. The highest BCUT2D eigenvalue weighted by atomic mass is 127. The van der Waals surface area contributed by atoms with Gasteiger partial charge in [0.05, 0.1) is 0 Å². The number of halogens is 2. The summed E-state index contributed by atoms with van der Waals surface area (Å²) in [5.74, 6) is 1.07. The van der Waals surface area contributed by atoms with Gasteiger partial charge in [-0.25, -0.2) is 0 Å². The molecule has 0 aromatic heterocycles. The number of carbonyl (C=O) groups is 1. The normalized spacial score (nSPS) is 17.9. The predicted octanol–water partition coefficient (Wildman–Crippen LogP) is 3.18. The summed E-state index contributed by atoms with van der Waals surface area (Å²) in [6, 6.07) is 8.68. The number of benzene rings is 1. The molecule has 0 aliphatic carbocycles. The van der Waals surface area contributed by atoms with Gasteiger partial charge in [-0.3, -0.25) is 9.79 Å². The third-order valence-electron chi connectivity index (χ3n) is 4.09. The van der Waals surface area contributed by atoms with Crippen LogP contribution in [0.25, 0.3) is 0 Å². The van der Waals surface area contributed by atoms with E-state index < -0.39 is 0 Å². The molecule has 140 valence electrons. The van der Waals surface area contributed by atoms with Crippen LogP contribution in [0.3, 0.4) is 0 Å². The van der Waals surface area contributed by atoms with E-state index in [1.165, 1.54) is 5.56 Å². The molecule has 2 rings (SSSR count). The highest BCUT2D eigenvalue weighted by Crippen LogP contribution is 2.13. The third-order valence-corrected chi connectivity index (χ3v) is 4.59. The number of carbonyl (C=O) groups excluding carboxylic acids is 1. The number of hydrogen-bond donors (Lipinski definition) is 2. The second kappa shape index (κ2) is 11.7. The summed E-state index contributed by atoms with van der Waals surface area (Å²) in [5.41, 5.74) is 1.32. The fourth-order valence-electron chi connectivity index (χ4n) is 2.81. The summed E-state index contributed by atoms with van der Waals surface area (Å²) in [7, 11) is 1.86. The van der Waals surface area contributed by atoms with Crippen LogP contribution in [0.15, 0.2) is 33.7 Å². The van der Waals surface area contributed by atoms with Crippen molar-refractivity contribution in [2.75, 3.05) is 26.7 Å². The van der Waals surface area contributed by atoms with Crippen molar-refractivity contribution in [1.82, 2.24) is 15.5 Å². The molecule has 0 spiro atoms. The van der Waals surface area contributed by atoms with E-state index in [0.717, 1.165) is 49.3 Å². The van der Waals surface area contributed by atoms with E-state index in [2.05, 4.69) is 56.7 Å². The maximum atomic E-state index is 11.6. The highest BCUT2D eigenvalue weighted by Gasteiger charge is 2.23. The van der Waals surface area contributed by atoms with Crippen LogP contribution in [0.2, 0.25) is 0 Å². The van der Waals surface area contributed by atoms with E-state index in [4.69, 9.17) is 0 Å². The average Bonchev–Trinajstić information content (AvgIpc) is 2.55. The van der Waals surface area contributed by atoms with Crippen LogP contribution in [0, 0.1) is 0 Å². The summed E-state index contributed by atoms with van der Waals surface area (Å²) in [5, 5.41) is 6.74. The maximum Gasteiger partial charge on any atom is 0.222 e. The van der Waals surface area contributed by atoms with E-state index in [0.29, 0.717) is 6.42 Å². The molecule has 5 nitrogen and oxygen atoms in total. The molecule has 1 unspecified atom stereocenters. The largest absolute Gasteiger partial charge is 0.357 e. The van der Waals surface area contributed by atoms with Gasteiger partial charge in [0, 0.05) is 43.6 Å². The maximum absolute atomic E-state index is 11.6. The fourth-order valence-corrected chi connectivity index (χ4v) is 3.26. The molecular weight excluding hydrogens is 495 g/mol. The molecule has 0 radical (unpaired) electrons. The van der Waals surface area contributed by atoms with Crippen molar-refractivity contribution in [2.24, 2.45) is 4.99 Å². The minimum atomic E-state index is 0. The molecule has 1 fully saturated rings. The number of likely N-dealkylation sites (N-methyl/N-ethyl adjacent to an activating group) is 1. The predicted molar refractivity (Wildman–Crippen MR) is 118 cm³/mol. The van der Waals surface area contributed by atoms with Crippen molar-refractivity contribution in [3.8, 4) is 0 Å². The van der Waals surface area contributed by atoms with Crippen LogP contribution in [-0.2, 0) is 11.2 Å². The van der Waals surface area contributed by atoms with Gasteiger partial charge < -0.3 is 15.5 Å². The van der Waals surface area contributed by atoms with E-state index in [1.807, 2.05) is 13.1 Å². The fraction of sp³-hybridized carbons (Fsp3) is 0.556. The standard InChI is InChI=1S/C18H27BrN4O.HI/c1-3-20-18(22-16-9-10-17(24)23(2)13-16)21-11-5-7-14-6-4-8-15(19)12-14;/h4,6,8,12,16H,3,5,7,9-11,13H2,1-2H3,(H2,20,21,22);1H. The first-order chi connectivity index (χ1) is 11.6. The quantitative estimate of drug-likeness (QED) is 0.261. The number of aliphatic imine (C=N–C) groups is 1. The zero-order valence-electron chi connectivity index (χ0n) is 14.9. The van der Waals surface area contributed by atoms with Crippen LogP contribution in [0.4, 0.5) is 0 Å². The highest BCUT2D eigenvalue weighted by molar-refractivity contribution is 14.0. The molecule has 0 bridgehead atoms. The molecule has 0 saturated carbocycles. The molecule has 1 aromatic rings. The number of nitrogens with zero attached hydrogens (tertiary/aromatic N) is 2. The number of hydrogen-bond acceptors (Lipinski definition) is 2. The zero-order chi connectivity index (χ0) is 17.4. The summed E-state index contributed by atoms with van der Waals surface area (Å²) < 4.78 is 1.12. The zero-order valence-corrected chi connectivity index (χ0v) is 18.8. The minimum absolute atomic E-state index is 0. The lowest BCUT2D eigenvalue weighted by Crippen LogP contribution is -2.51. The van der Waals surface area contributed by atoms with Crippen LogP contribution >= 0.6 is 39.9 Å². The van der Waals surface area contributed by atoms with Crippen LogP contribution in [-0.4, -0.2) is 49.5 Å². The Morgan fingerprint density at radius 3 is 2.92 bits per heavy atom. The van der Waals surface area contributed by atoms with Gasteiger partial charge in [-0.15, -0.1) is 24.0 Å². The first-order valence-electron chi connectivity index (χ1n) is 8.61. The number of nitrogens with one attached hydrogen (secondary N) is 2. The second-order valence-electron chi connectivity index (χ2n) is 6.15. The Morgan fingerprint density at radius 1 is 1.44 bits per heavy atom. The first-order valence-corrected chi connectivity index (χ1v) is 9.41. The second-order valence-corrected chi connectivity index (χ2v) is 7.06. The van der Waals surface area contributed by atoms with Gasteiger partial charge in [-0.2, -0.15) is 0 Å². The molecule has 2 N–H and O–H groups in total. The lowest BCUT2D eigenvalue weighted by Gasteiger charge is -2.31. The Kier molecular flexibility index (Phi) is 10.4. The Labute approximate surface area is 176 Å². The summed E-state index contributed by atoms with van der Waals surface area (Å²) in [6.07, 6.45) is 3.50. The van der Waals surface area contributed by atoms with Gasteiger partial charge in [0.2, 0.25) is 5.91 Å². The van der Waals surface area contributed by atoms with Gasteiger partial charge in [0.15, 0.2) is 5.96 Å². The van der Waals surface area contributed by atoms with Crippen molar-refractivity contribution >= 4 is 51.8 Å². The van der Waals surface area contributed by atoms with Crippen LogP contribution < -0.4 is 10.6 Å². The lowest BCUT2D eigenvalue weighted by atomic mass is 10.1. The average molecular weight is 523 g/mol. The SMILES string of the molecule is CCNC(=NCCCc1cccc(Br)c1)NC1CCC(=O)N(C)C1.I. The summed E-state index contributed by atoms with van der Waals surface area (Å²) in [6.45, 7) is 4.42. The summed E-state index contributed by atoms with van der Waals surface area (Å²) >= 11 is 3.50. The van der Waals surface area contributed by atoms with E-state index in [-0.39, 0.29) is 35.9 Å². The minimum Gasteiger partial charge on any atom is -0.357 e. The Balaban J connectivity index is 0.00000312. The van der Waals surface area contributed by atoms with Crippen molar-refractivity contribution in [3.05, 3.63) is 34.3 Å². The number of rotatable bonds is 6. The lowest BCUT2D eigenvalue weighted by molar-refractivity contribution is -0.132. The van der Waals surface area contributed by atoms with Crippen molar-refractivity contribution in [1.29, 1.82) is 0 Å². The number of guanidine groups is 1. The molecular formula is C18H28BrIN4O. The van der Waals surface area contributed by atoms with Crippen molar-refractivity contribution < 1.29 is 4.79 Å². The number of piperidine rings is 1. The molecule has 1 saturated heterocycles. The molecule has 1 aromatic carbocycles. The smallest absolute Gasteiger partial charge is 0.222 e. The Morgan fingerprint density at radius 2 is 2.24 bits per heavy atom. The van der Waals surface area contributed by atoms with Gasteiger partial charge >= 0.3 is 0 Å². The Hall–Kier alpha value is -0.830. The van der Waals surface area contributed by atoms with Crippen molar-refractivity contribution in [3.63, 3.8) is 0 Å². The van der Waals surface area contributed by atoms with E-state index in [1.54, 1.807) is 4.90 Å². The van der Waals surface area contributed by atoms with E-state index >= 15 is 0 Å². The molecule has 1 aliphatic rings. The molecule has 1 heterocycles. The topological polar surface area (TPSA) is 56.7 Å². The monoisotopic (exact) mass is 522 g/mol. The molecule has 1 amide bonds. The molecule has 1 atom stereocenters. The van der Waals surface area contributed by atoms with Gasteiger partial charge in [0.1, 0.15) is 0 Å². The number of amides is 1. The van der Waals surface area contributed by atoms with Gasteiger partial charge in [0.25, 0.3) is 0 Å². The summed E-state index contributed by atoms with van der Waals surface area (Å²) in [4.78, 5) is 18.0. The Bertz CT molecular complexity index is 582. The van der Waals surface area contributed by atoms with Gasteiger partial charge in [-0.05, 0) is 43.9 Å². The molecule has 25 heavy (non-hydrogen) atoms. The number of likely N-dealkylation sites (tertiary alicyclic amines) is 1. The first kappa shape index (κ1) is 22.2. The molecule has 1 aliphatic heterocycles. The van der Waals surface area contributed by atoms with Crippen molar-refractivity contribution in [2.45, 2.75) is 38.6 Å². The third kappa shape index (κ3) is 7.94.